The van der Waals surface area contributed by atoms with Crippen LogP contribution in [0.1, 0.15) is 12.0 Å². The maximum atomic E-state index is 12.3. The average molecular weight is 311 g/mol. The lowest BCUT2D eigenvalue weighted by Crippen LogP contribution is -2.45. The first-order valence-electron chi connectivity index (χ1n) is 6.91. The lowest BCUT2D eigenvalue weighted by molar-refractivity contribution is -0.131. The van der Waals surface area contributed by atoms with Gasteiger partial charge in [-0.15, -0.1) is 0 Å². The molecule has 2 atom stereocenters. The summed E-state index contributed by atoms with van der Waals surface area (Å²) in [5, 5.41) is 0. The fourth-order valence-electron chi connectivity index (χ4n) is 2.55. The molecule has 0 unspecified atom stereocenters. The summed E-state index contributed by atoms with van der Waals surface area (Å²) in [6.07, 6.45) is 2.23. The van der Waals surface area contributed by atoms with Crippen molar-refractivity contribution in [3.8, 4) is 0 Å². The molecule has 1 aromatic carbocycles. The van der Waals surface area contributed by atoms with Crippen molar-refractivity contribution >= 4 is 15.9 Å². The molecule has 0 aliphatic carbocycles. The SMILES string of the molecule is CS(=O)(=O)N[C@H]1CCN(C(=O)[C@H](N)Cc2ccccc2)C1. The molecule has 0 radical (unpaired) electrons. The predicted molar refractivity (Wildman–Crippen MR) is 81.1 cm³/mol. The molecule has 1 aliphatic heterocycles. The topological polar surface area (TPSA) is 92.5 Å². The van der Waals surface area contributed by atoms with Crippen LogP contribution in [-0.4, -0.2) is 50.7 Å². The van der Waals surface area contributed by atoms with E-state index >= 15 is 0 Å². The van der Waals surface area contributed by atoms with Crippen LogP contribution in [0.2, 0.25) is 0 Å². The van der Waals surface area contributed by atoms with Crippen molar-refractivity contribution in [1.29, 1.82) is 0 Å². The normalized spacial score (nSPS) is 20.5. The number of nitrogens with two attached hydrogens (primary N) is 1. The van der Waals surface area contributed by atoms with E-state index in [1.165, 1.54) is 0 Å². The first kappa shape index (κ1) is 15.9. The monoisotopic (exact) mass is 311 g/mol. The lowest BCUT2D eigenvalue weighted by Gasteiger charge is -2.21. The van der Waals surface area contributed by atoms with Crippen LogP contribution in [-0.2, 0) is 21.2 Å². The molecule has 116 valence electrons. The van der Waals surface area contributed by atoms with E-state index in [9.17, 15) is 13.2 Å². The zero-order chi connectivity index (χ0) is 15.5. The first-order valence-corrected chi connectivity index (χ1v) is 8.80. The van der Waals surface area contributed by atoms with Crippen molar-refractivity contribution in [2.45, 2.75) is 24.9 Å². The zero-order valence-corrected chi connectivity index (χ0v) is 12.8. The van der Waals surface area contributed by atoms with Gasteiger partial charge in [-0.2, -0.15) is 0 Å². The Balaban J connectivity index is 1.89. The van der Waals surface area contributed by atoms with Crippen LogP contribution in [0.5, 0.6) is 0 Å². The molecule has 0 saturated carbocycles. The van der Waals surface area contributed by atoms with E-state index in [-0.39, 0.29) is 11.9 Å². The Bertz CT molecular complexity index is 589. The van der Waals surface area contributed by atoms with Crippen molar-refractivity contribution in [2.75, 3.05) is 19.3 Å². The minimum Gasteiger partial charge on any atom is -0.340 e. The number of sulfonamides is 1. The Morgan fingerprint density at radius 1 is 1.43 bits per heavy atom. The van der Waals surface area contributed by atoms with Crippen LogP contribution in [0.3, 0.4) is 0 Å². The van der Waals surface area contributed by atoms with E-state index in [0.29, 0.717) is 25.9 Å². The first-order chi connectivity index (χ1) is 9.85. The maximum absolute atomic E-state index is 12.3. The van der Waals surface area contributed by atoms with Crippen molar-refractivity contribution in [1.82, 2.24) is 9.62 Å². The highest BCUT2D eigenvalue weighted by atomic mass is 32.2. The quantitative estimate of drug-likeness (QED) is 0.781. The number of amides is 1. The van der Waals surface area contributed by atoms with Gasteiger partial charge in [0.25, 0.3) is 0 Å². The van der Waals surface area contributed by atoms with Gasteiger partial charge in [-0.05, 0) is 18.4 Å². The van der Waals surface area contributed by atoms with Crippen molar-refractivity contribution in [3.05, 3.63) is 35.9 Å². The molecule has 1 fully saturated rings. The summed E-state index contributed by atoms with van der Waals surface area (Å²) in [6.45, 7) is 0.920. The number of hydrogen-bond donors (Lipinski definition) is 2. The third kappa shape index (κ3) is 4.80. The standard InChI is InChI=1S/C14H21N3O3S/c1-21(19,20)16-12-7-8-17(10-12)14(18)13(15)9-11-5-3-2-4-6-11/h2-6,12-13,16H,7-10,15H2,1H3/t12-,13+/m0/s1. The molecular weight excluding hydrogens is 290 g/mol. The van der Waals surface area contributed by atoms with E-state index in [0.717, 1.165) is 11.8 Å². The summed E-state index contributed by atoms with van der Waals surface area (Å²) in [5.41, 5.74) is 6.99. The largest absolute Gasteiger partial charge is 0.340 e. The van der Waals surface area contributed by atoms with Crippen molar-refractivity contribution < 1.29 is 13.2 Å². The van der Waals surface area contributed by atoms with E-state index in [4.69, 9.17) is 5.73 Å². The number of hydrogen-bond acceptors (Lipinski definition) is 4. The third-order valence-corrected chi connectivity index (χ3v) is 4.26. The summed E-state index contributed by atoms with van der Waals surface area (Å²) >= 11 is 0. The van der Waals surface area contributed by atoms with Crippen LogP contribution in [0, 0.1) is 0 Å². The molecule has 1 aliphatic rings. The minimum absolute atomic E-state index is 0.128. The number of nitrogens with one attached hydrogen (secondary N) is 1. The van der Waals surface area contributed by atoms with E-state index in [1.807, 2.05) is 30.3 Å². The molecular formula is C14H21N3O3S. The summed E-state index contributed by atoms with van der Waals surface area (Å²) in [6, 6.07) is 8.80. The Morgan fingerprint density at radius 2 is 2.10 bits per heavy atom. The molecule has 0 aromatic heterocycles. The number of rotatable bonds is 5. The Kier molecular flexibility index (Phi) is 4.97. The van der Waals surface area contributed by atoms with Gasteiger partial charge in [-0.3, -0.25) is 4.79 Å². The molecule has 0 spiro atoms. The van der Waals surface area contributed by atoms with Gasteiger partial charge in [-0.1, -0.05) is 30.3 Å². The summed E-state index contributed by atoms with van der Waals surface area (Å²) in [7, 11) is -3.24. The number of carbonyl (C=O) groups excluding carboxylic acids is 1. The van der Waals surface area contributed by atoms with E-state index in [2.05, 4.69) is 4.72 Å². The molecule has 1 aromatic rings. The summed E-state index contributed by atoms with van der Waals surface area (Å²) in [4.78, 5) is 13.9. The van der Waals surface area contributed by atoms with Gasteiger partial charge < -0.3 is 10.6 Å². The van der Waals surface area contributed by atoms with Gasteiger partial charge in [-0.25, -0.2) is 13.1 Å². The molecule has 0 bridgehead atoms. The van der Waals surface area contributed by atoms with Crippen LogP contribution in [0.4, 0.5) is 0 Å². The smallest absolute Gasteiger partial charge is 0.239 e. The van der Waals surface area contributed by atoms with Crippen LogP contribution in [0.25, 0.3) is 0 Å². The summed E-state index contributed by atoms with van der Waals surface area (Å²) < 4.78 is 24.9. The fourth-order valence-corrected chi connectivity index (χ4v) is 3.35. The summed E-state index contributed by atoms with van der Waals surface area (Å²) in [5.74, 6) is -0.128. The molecule has 1 saturated heterocycles. The Labute approximate surface area is 125 Å². The van der Waals surface area contributed by atoms with Crippen molar-refractivity contribution in [2.24, 2.45) is 5.73 Å². The molecule has 1 heterocycles. The number of carbonyl (C=O) groups is 1. The van der Waals surface area contributed by atoms with Crippen LogP contribution >= 0.6 is 0 Å². The predicted octanol–water partition coefficient (Wildman–Crippen LogP) is -0.293. The van der Waals surface area contributed by atoms with E-state index in [1.54, 1.807) is 4.90 Å². The Hall–Kier alpha value is -1.44. The van der Waals surface area contributed by atoms with Crippen molar-refractivity contribution in [3.63, 3.8) is 0 Å². The second-order valence-electron chi connectivity index (χ2n) is 5.46. The van der Waals surface area contributed by atoms with E-state index < -0.39 is 16.1 Å². The number of benzene rings is 1. The van der Waals surface area contributed by atoms with Gasteiger partial charge in [0.15, 0.2) is 0 Å². The number of likely N-dealkylation sites (tertiary alicyclic amines) is 1. The molecule has 7 heteroatoms. The second-order valence-corrected chi connectivity index (χ2v) is 7.24. The van der Waals surface area contributed by atoms with Crippen LogP contribution < -0.4 is 10.5 Å². The maximum Gasteiger partial charge on any atom is 0.239 e. The highest BCUT2D eigenvalue weighted by molar-refractivity contribution is 7.88. The van der Waals surface area contributed by atoms with Gasteiger partial charge in [0, 0.05) is 19.1 Å². The molecule has 1 amide bonds. The van der Waals surface area contributed by atoms with Gasteiger partial charge >= 0.3 is 0 Å². The third-order valence-electron chi connectivity index (χ3n) is 3.50. The molecule has 21 heavy (non-hydrogen) atoms. The highest BCUT2D eigenvalue weighted by Gasteiger charge is 2.30. The molecule has 6 nitrogen and oxygen atoms in total. The Morgan fingerprint density at radius 3 is 2.71 bits per heavy atom. The van der Waals surface area contributed by atoms with Crippen LogP contribution in [0.15, 0.2) is 30.3 Å². The second kappa shape index (κ2) is 6.55. The average Bonchev–Trinajstić information content (AvgIpc) is 2.85. The minimum atomic E-state index is -3.24. The van der Waals surface area contributed by atoms with Gasteiger partial charge in [0.2, 0.25) is 15.9 Å². The van der Waals surface area contributed by atoms with Gasteiger partial charge in [0.1, 0.15) is 0 Å². The molecule has 2 rings (SSSR count). The highest BCUT2D eigenvalue weighted by Crippen LogP contribution is 2.12. The lowest BCUT2D eigenvalue weighted by atomic mass is 10.1. The fraction of sp³-hybridized carbons (Fsp3) is 0.500. The zero-order valence-electron chi connectivity index (χ0n) is 12.0. The number of nitrogens with zero attached hydrogens (tertiary/aromatic N) is 1. The molecule has 3 N–H and O–H groups in total. The van der Waals surface area contributed by atoms with Gasteiger partial charge in [0.05, 0.1) is 12.3 Å².